The second kappa shape index (κ2) is 9.86. The van der Waals surface area contributed by atoms with E-state index >= 15 is 0 Å². The number of nitrogens with one attached hydrogen (secondary N) is 2. The van der Waals surface area contributed by atoms with E-state index in [1.807, 2.05) is 0 Å². The number of carbonyl (C=O) groups is 1. The normalized spacial score (nSPS) is 10.8. The summed E-state index contributed by atoms with van der Waals surface area (Å²) in [5.74, 6) is -0.562. The number of hydrogen-bond acceptors (Lipinski definition) is 6. The number of para-hydroxylation sites is 1. The lowest BCUT2D eigenvalue weighted by atomic mass is 10.2. The lowest BCUT2D eigenvalue weighted by Gasteiger charge is -2.19. The first kappa shape index (κ1) is 23.3. The summed E-state index contributed by atoms with van der Waals surface area (Å²) < 4.78 is 26.8. The molecule has 8 nitrogen and oxygen atoms in total. The molecule has 0 aromatic heterocycles. The van der Waals surface area contributed by atoms with Gasteiger partial charge in [-0.05, 0) is 72.0 Å². The molecular weight excluding hydrogens is 472 g/mol. The van der Waals surface area contributed by atoms with Gasteiger partial charge in [-0.2, -0.15) is 0 Å². The largest absolute Gasteiger partial charge is 0.332 e. The van der Waals surface area contributed by atoms with Crippen molar-refractivity contribution in [2.75, 3.05) is 16.7 Å². The fourth-order valence-corrected chi connectivity index (χ4v) is 4.26. The molecule has 0 atom stereocenters. The minimum absolute atomic E-state index is 0.0115. The first-order chi connectivity index (χ1) is 15.2. The van der Waals surface area contributed by atoms with Crippen LogP contribution in [-0.2, 0) is 10.0 Å². The third kappa shape index (κ3) is 5.28. The van der Waals surface area contributed by atoms with Crippen LogP contribution in [-0.4, -0.2) is 26.5 Å². The summed E-state index contributed by atoms with van der Waals surface area (Å²) in [5.41, 5.74) is 1.10. The van der Waals surface area contributed by atoms with E-state index in [0.717, 1.165) is 0 Å². The number of hydrogen-bond donors (Lipinski definition) is 2. The predicted molar refractivity (Wildman–Crippen MR) is 129 cm³/mol. The van der Waals surface area contributed by atoms with Crippen molar-refractivity contribution in [3.8, 4) is 0 Å². The number of nitroso groups, excluding NO2 is 1. The van der Waals surface area contributed by atoms with Crippen LogP contribution in [0.1, 0.15) is 10.4 Å². The molecule has 0 radical (unpaired) electrons. The number of carbonyl (C=O) groups excluding carboxylic acids is 1. The van der Waals surface area contributed by atoms with Crippen LogP contribution in [0.15, 0.2) is 82.9 Å². The molecule has 11 heteroatoms. The third-order valence-electron chi connectivity index (χ3n) is 4.42. The topological polar surface area (TPSA) is 108 Å². The van der Waals surface area contributed by atoms with Crippen LogP contribution in [0.3, 0.4) is 0 Å². The number of halogens is 1. The lowest BCUT2D eigenvalue weighted by molar-refractivity contribution is 0.0977. The molecule has 32 heavy (non-hydrogen) atoms. The molecule has 0 aliphatic heterocycles. The molecular formula is C21H17ClN4O4S2. The zero-order chi connectivity index (χ0) is 23.3. The van der Waals surface area contributed by atoms with E-state index in [2.05, 4.69) is 15.8 Å². The Hall–Kier alpha value is -3.34. The molecule has 1 amide bonds. The monoisotopic (exact) mass is 488 g/mol. The SMILES string of the molecule is CN(c1ccccc1)S(=O)(=O)c1ccc(NC(=S)NC(=O)c2ccc(Cl)c(N=O)c2)cc1. The predicted octanol–water partition coefficient (Wildman–Crippen LogP) is 4.69. The molecule has 0 bridgehead atoms. The van der Waals surface area contributed by atoms with Crippen LogP contribution < -0.4 is 14.9 Å². The van der Waals surface area contributed by atoms with E-state index in [0.29, 0.717) is 11.4 Å². The molecule has 0 heterocycles. The highest BCUT2D eigenvalue weighted by Gasteiger charge is 2.21. The Bertz CT molecular complexity index is 1270. The Morgan fingerprint density at radius 3 is 2.31 bits per heavy atom. The molecule has 0 aliphatic rings. The molecule has 164 valence electrons. The Morgan fingerprint density at radius 1 is 1.03 bits per heavy atom. The Morgan fingerprint density at radius 2 is 1.69 bits per heavy atom. The summed E-state index contributed by atoms with van der Waals surface area (Å²) in [6.07, 6.45) is 0. The van der Waals surface area contributed by atoms with Crippen LogP contribution in [0.4, 0.5) is 17.1 Å². The average Bonchev–Trinajstić information content (AvgIpc) is 2.79. The Balaban J connectivity index is 1.67. The van der Waals surface area contributed by atoms with Gasteiger partial charge in [-0.15, -0.1) is 4.91 Å². The van der Waals surface area contributed by atoms with Gasteiger partial charge in [-0.25, -0.2) is 8.42 Å². The summed E-state index contributed by atoms with van der Waals surface area (Å²) in [7, 11) is -2.27. The molecule has 3 aromatic carbocycles. The van der Waals surface area contributed by atoms with Gasteiger partial charge in [0.15, 0.2) is 5.11 Å². The van der Waals surface area contributed by atoms with Gasteiger partial charge >= 0.3 is 0 Å². The van der Waals surface area contributed by atoms with Crippen molar-refractivity contribution in [2.24, 2.45) is 5.18 Å². The number of sulfonamides is 1. The number of thiocarbonyl (C=S) groups is 1. The number of benzene rings is 3. The standard InChI is InChI=1S/C21H17ClN4O4S2/c1-26(16-5-3-2-4-6-16)32(29,30)17-10-8-15(9-11-17)23-21(31)24-20(27)14-7-12-18(22)19(13-14)25-28/h2-13H,1H3,(H2,23,24,27,31). The highest BCUT2D eigenvalue weighted by atomic mass is 35.5. The fraction of sp³-hybridized carbons (Fsp3) is 0.0476. The van der Waals surface area contributed by atoms with Crippen LogP contribution in [0.25, 0.3) is 0 Å². The first-order valence-electron chi connectivity index (χ1n) is 9.11. The van der Waals surface area contributed by atoms with Gasteiger partial charge in [-0.1, -0.05) is 29.8 Å². The van der Waals surface area contributed by atoms with Crippen LogP contribution in [0.5, 0.6) is 0 Å². The molecule has 2 N–H and O–H groups in total. The van der Waals surface area contributed by atoms with Gasteiger partial charge in [0, 0.05) is 18.3 Å². The van der Waals surface area contributed by atoms with E-state index < -0.39 is 15.9 Å². The average molecular weight is 489 g/mol. The van der Waals surface area contributed by atoms with E-state index in [1.165, 1.54) is 53.8 Å². The molecule has 0 aliphatic carbocycles. The number of anilines is 2. The number of amides is 1. The second-order valence-electron chi connectivity index (χ2n) is 6.50. The Labute approximate surface area is 195 Å². The zero-order valence-corrected chi connectivity index (χ0v) is 19.0. The van der Waals surface area contributed by atoms with Crippen molar-refractivity contribution in [1.82, 2.24) is 5.32 Å². The minimum atomic E-state index is -3.74. The maximum atomic E-state index is 12.8. The van der Waals surface area contributed by atoms with Gasteiger partial charge in [0.1, 0.15) is 5.69 Å². The van der Waals surface area contributed by atoms with Crippen molar-refractivity contribution >= 4 is 61.9 Å². The fourth-order valence-electron chi connectivity index (χ4n) is 2.71. The zero-order valence-electron chi connectivity index (χ0n) is 16.7. The summed E-state index contributed by atoms with van der Waals surface area (Å²) in [6, 6.07) is 18.7. The molecule has 0 saturated heterocycles. The number of nitrogens with zero attached hydrogens (tertiary/aromatic N) is 2. The van der Waals surface area contributed by atoms with E-state index in [9.17, 15) is 18.1 Å². The summed E-state index contributed by atoms with van der Waals surface area (Å²) in [5, 5.41) is 8.15. The summed E-state index contributed by atoms with van der Waals surface area (Å²) >= 11 is 10.9. The first-order valence-corrected chi connectivity index (χ1v) is 11.3. The summed E-state index contributed by atoms with van der Waals surface area (Å²) in [6.45, 7) is 0. The third-order valence-corrected chi connectivity index (χ3v) is 6.75. The van der Waals surface area contributed by atoms with Crippen molar-refractivity contribution in [2.45, 2.75) is 4.90 Å². The van der Waals surface area contributed by atoms with Gasteiger partial charge < -0.3 is 5.32 Å². The smallest absolute Gasteiger partial charge is 0.264 e. The van der Waals surface area contributed by atoms with Gasteiger partial charge in [-0.3, -0.25) is 14.4 Å². The van der Waals surface area contributed by atoms with Crippen LogP contribution in [0, 0.1) is 4.91 Å². The molecule has 3 rings (SSSR count). The molecule has 0 saturated carbocycles. The van der Waals surface area contributed by atoms with Gasteiger partial charge in [0.2, 0.25) is 0 Å². The maximum absolute atomic E-state index is 12.8. The Kier molecular flexibility index (Phi) is 7.18. The highest BCUT2D eigenvalue weighted by Crippen LogP contribution is 2.26. The van der Waals surface area contributed by atoms with Crippen molar-refractivity contribution in [3.63, 3.8) is 0 Å². The molecule has 3 aromatic rings. The van der Waals surface area contributed by atoms with Crippen LogP contribution >= 0.6 is 23.8 Å². The number of rotatable bonds is 6. The maximum Gasteiger partial charge on any atom is 0.264 e. The van der Waals surface area contributed by atoms with Gasteiger partial charge in [0.25, 0.3) is 15.9 Å². The van der Waals surface area contributed by atoms with E-state index in [-0.39, 0.29) is 26.3 Å². The molecule has 0 spiro atoms. The van der Waals surface area contributed by atoms with Crippen molar-refractivity contribution in [1.29, 1.82) is 0 Å². The van der Waals surface area contributed by atoms with Gasteiger partial charge in [0.05, 0.1) is 15.6 Å². The van der Waals surface area contributed by atoms with E-state index in [4.69, 9.17) is 23.8 Å². The second-order valence-corrected chi connectivity index (χ2v) is 9.28. The molecule has 0 unspecified atom stereocenters. The van der Waals surface area contributed by atoms with Crippen LogP contribution in [0.2, 0.25) is 5.02 Å². The summed E-state index contributed by atoms with van der Waals surface area (Å²) in [4.78, 5) is 23.1. The lowest BCUT2D eigenvalue weighted by Crippen LogP contribution is -2.34. The highest BCUT2D eigenvalue weighted by molar-refractivity contribution is 7.92. The van der Waals surface area contributed by atoms with E-state index in [1.54, 1.807) is 30.3 Å². The minimum Gasteiger partial charge on any atom is -0.332 e. The van der Waals surface area contributed by atoms with Crippen molar-refractivity contribution in [3.05, 3.63) is 88.3 Å². The van der Waals surface area contributed by atoms with Crippen molar-refractivity contribution < 1.29 is 13.2 Å². The quantitative estimate of drug-likeness (QED) is 0.385. The molecule has 0 fully saturated rings.